The number of aromatic nitrogens is 3. The molecule has 126 valence electrons. The first kappa shape index (κ1) is 16.0. The number of aliphatic carboxylic acids is 1. The van der Waals surface area contributed by atoms with E-state index in [-0.39, 0.29) is 0 Å². The Bertz CT molecular complexity index is 683. The average molecular weight is 328 g/mol. The lowest BCUT2D eigenvalue weighted by molar-refractivity contribution is -0.140. The van der Waals surface area contributed by atoms with Gasteiger partial charge in [0.15, 0.2) is 0 Å². The SMILES string of the molecule is Cc1cc(N2CCN(c3cc(N)ncn3)C[C@H](C(=O)O)C2)ccn1. The first-order chi connectivity index (χ1) is 11.5. The van der Waals surface area contributed by atoms with Crippen molar-refractivity contribution in [2.24, 2.45) is 5.92 Å². The van der Waals surface area contributed by atoms with Gasteiger partial charge >= 0.3 is 5.97 Å². The molecule has 3 heterocycles. The average Bonchev–Trinajstić information content (AvgIpc) is 2.78. The highest BCUT2D eigenvalue weighted by atomic mass is 16.4. The van der Waals surface area contributed by atoms with Crippen molar-refractivity contribution < 1.29 is 9.90 Å². The molecular formula is C16H20N6O2. The van der Waals surface area contributed by atoms with Gasteiger partial charge in [0, 0.05) is 49.8 Å². The highest BCUT2D eigenvalue weighted by Gasteiger charge is 2.28. The van der Waals surface area contributed by atoms with E-state index in [9.17, 15) is 9.90 Å². The number of aryl methyl sites for hydroxylation is 1. The van der Waals surface area contributed by atoms with Crippen LogP contribution in [-0.2, 0) is 4.79 Å². The quantitative estimate of drug-likeness (QED) is 0.851. The molecule has 1 aliphatic rings. The number of nitrogens with two attached hydrogens (primary N) is 1. The van der Waals surface area contributed by atoms with Crippen LogP contribution in [0.25, 0.3) is 0 Å². The second-order valence-corrected chi connectivity index (χ2v) is 5.88. The third-order valence-corrected chi connectivity index (χ3v) is 4.11. The molecular weight excluding hydrogens is 308 g/mol. The molecule has 0 saturated carbocycles. The highest BCUT2D eigenvalue weighted by Crippen LogP contribution is 2.22. The molecule has 1 atom stereocenters. The summed E-state index contributed by atoms with van der Waals surface area (Å²) in [4.78, 5) is 28.0. The minimum Gasteiger partial charge on any atom is -0.481 e. The Labute approximate surface area is 140 Å². The number of carbonyl (C=O) groups is 1. The van der Waals surface area contributed by atoms with Gasteiger partial charge in [-0.1, -0.05) is 0 Å². The van der Waals surface area contributed by atoms with Gasteiger partial charge in [-0.15, -0.1) is 0 Å². The zero-order valence-electron chi connectivity index (χ0n) is 13.5. The van der Waals surface area contributed by atoms with Crippen molar-refractivity contribution in [1.82, 2.24) is 15.0 Å². The maximum atomic E-state index is 11.7. The van der Waals surface area contributed by atoms with Gasteiger partial charge in [0.2, 0.25) is 0 Å². The summed E-state index contributed by atoms with van der Waals surface area (Å²) < 4.78 is 0. The fourth-order valence-corrected chi connectivity index (χ4v) is 2.87. The molecule has 0 bridgehead atoms. The van der Waals surface area contributed by atoms with Crippen LogP contribution < -0.4 is 15.5 Å². The maximum absolute atomic E-state index is 11.7. The Morgan fingerprint density at radius 1 is 1.21 bits per heavy atom. The van der Waals surface area contributed by atoms with Crippen molar-refractivity contribution in [3.63, 3.8) is 0 Å². The van der Waals surface area contributed by atoms with Gasteiger partial charge < -0.3 is 20.6 Å². The van der Waals surface area contributed by atoms with Crippen LogP contribution in [0.3, 0.4) is 0 Å². The largest absolute Gasteiger partial charge is 0.481 e. The summed E-state index contributed by atoms with van der Waals surface area (Å²) in [6.07, 6.45) is 3.14. The molecule has 0 unspecified atom stereocenters. The van der Waals surface area contributed by atoms with E-state index in [0.29, 0.717) is 37.8 Å². The van der Waals surface area contributed by atoms with Crippen LogP contribution in [0.1, 0.15) is 5.69 Å². The van der Waals surface area contributed by atoms with E-state index < -0.39 is 11.9 Å². The van der Waals surface area contributed by atoms with Crippen LogP contribution >= 0.6 is 0 Å². The van der Waals surface area contributed by atoms with Gasteiger partial charge in [0.1, 0.15) is 18.0 Å². The molecule has 0 amide bonds. The van der Waals surface area contributed by atoms with Crippen LogP contribution in [0.5, 0.6) is 0 Å². The zero-order valence-corrected chi connectivity index (χ0v) is 13.5. The number of pyridine rings is 1. The molecule has 1 fully saturated rings. The molecule has 2 aromatic rings. The Hall–Kier alpha value is -2.90. The number of hydrogen-bond acceptors (Lipinski definition) is 7. The molecule has 3 N–H and O–H groups in total. The molecule has 1 saturated heterocycles. The lowest BCUT2D eigenvalue weighted by atomic mass is 10.1. The molecule has 1 aliphatic heterocycles. The van der Waals surface area contributed by atoms with Gasteiger partial charge in [-0.3, -0.25) is 9.78 Å². The van der Waals surface area contributed by atoms with E-state index in [1.54, 1.807) is 12.3 Å². The van der Waals surface area contributed by atoms with Gasteiger partial charge in [0.25, 0.3) is 0 Å². The van der Waals surface area contributed by atoms with Gasteiger partial charge in [-0.05, 0) is 19.1 Å². The molecule has 2 aromatic heterocycles. The van der Waals surface area contributed by atoms with E-state index in [1.165, 1.54) is 6.33 Å². The number of rotatable bonds is 3. The van der Waals surface area contributed by atoms with E-state index in [0.717, 1.165) is 11.4 Å². The van der Waals surface area contributed by atoms with Gasteiger partial charge in [0.05, 0.1) is 5.92 Å². The van der Waals surface area contributed by atoms with E-state index in [4.69, 9.17) is 5.73 Å². The maximum Gasteiger partial charge on any atom is 0.310 e. The Morgan fingerprint density at radius 3 is 2.67 bits per heavy atom. The van der Waals surface area contributed by atoms with E-state index in [2.05, 4.69) is 19.9 Å². The van der Waals surface area contributed by atoms with Crippen molar-refractivity contribution in [2.45, 2.75) is 6.92 Å². The molecule has 8 heteroatoms. The van der Waals surface area contributed by atoms with Crippen LogP contribution in [0, 0.1) is 12.8 Å². The summed E-state index contributed by atoms with van der Waals surface area (Å²) in [6.45, 7) is 4.09. The molecule has 8 nitrogen and oxygen atoms in total. The summed E-state index contributed by atoms with van der Waals surface area (Å²) in [5.74, 6) is -0.323. The third kappa shape index (κ3) is 3.53. The smallest absolute Gasteiger partial charge is 0.310 e. The monoisotopic (exact) mass is 328 g/mol. The molecule has 0 aromatic carbocycles. The first-order valence-electron chi connectivity index (χ1n) is 7.76. The molecule has 0 radical (unpaired) electrons. The second-order valence-electron chi connectivity index (χ2n) is 5.88. The minimum atomic E-state index is -0.820. The van der Waals surface area contributed by atoms with Crippen LogP contribution in [-0.4, -0.2) is 52.2 Å². The molecule has 0 aliphatic carbocycles. The third-order valence-electron chi connectivity index (χ3n) is 4.11. The fraction of sp³-hybridized carbons (Fsp3) is 0.375. The van der Waals surface area contributed by atoms with Crippen molar-refractivity contribution in [3.8, 4) is 0 Å². The number of hydrogen-bond donors (Lipinski definition) is 2. The second kappa shape index (κ2) is 6.69. The van der Waals surface area contributed by atoms with Crippen LogP contribution in [0.2, 0.25) is 0 Å². The zero-order chi connectivity index (χ0) is 17.1. The lowest BCUT2D eigenvalue weighted by Crippen LogP contribution is -2.35. The summed E-state index contributed by atoms with van der Waals surface area (Å²) >= 11 is 0. The molecule has 24 heavy (non-hydrogen) atoms. The fourth-order valence-electron chi connectivity index (χ4n) is 2.87. The van der Waals surface area contributed by atoms with Crippen molar-refractivity contribution in [3.05, 3.63) is 36.4 Å². The Morgan fingerprint density at radius 2 is 1.96 bits per heavy atom. The summed E-state index contributed by atoms with van der Waals surface area (Å²) in [7, 11) is 0. The predicted octanol–water partition coefficient (Wildman–Crippen LogP) is 0.790. The van der Waals surface area contributed by atoms with Crippen molar-refractivity contribution in [2.75, 3.05) is 41.7 Å². The summed E-state index contributed by atoms with van der Waals surface area (Å²) in [6, 6.07) is 5.55. The summed E-state index contributed by atoms with van der Waals surface area (Å²) in [5, 5.41) is 9.58. The summed E-state index contributed by atoms with van der Waals surface area (Å²) in [5.41, 5.74) is 7.61. The van der Waals surface area contributed by atoms with Crippen molar-refractivity contribution >= 4 is 23.3 Å². The lowest BCUT2D eigenvalue weighted by Gasteiger charge is -2.24. The molecule has 3 rings (SSSR count). The number of carboxylic acid groups (broad SMARTS) is 1. The van der Waals surface area contributed by atoms with Crippen molar-refractivity contribution in [1.29, 1.82) is 0 Å². The Kier molecular flexibility index (Phi) is 4.45. The normalized spacial score (nSPS) is 18.3. The number of nitrogen functional groups attached to an aromatic ring is 1. The minimum absolute atomic E-state index is 0.373. The number of anilines is 3. The Balaban J connectivity index is 1.86. The first-order valence-corrected chi connectivity index (χ1v) is 7.76. The number of carboxylic acids is 1. The highest BCUT2D eigenvalue weighted by molar-refractivity contribution is 5.72. The van der Waals surface area contributed by atoms with Gasteiger partial charge in [-0.25, -0.2) is 9.97 Å². The van der Waals surface area contributed by atoms with E-state index in [1.807, 2.05) is 24.0 Å². The topological polar surface area (TPSA) is 108 Å². The standard InChI is InChI=1S/C16H20N6O2/c1-11-6-13(2-3-18-11)21-4-5-22(9-12(8-21)16(23)24)15-7-14(17)19-10-20-15/h2-3,6-7,10,12H,4-5,8-9H2,1H3,(H,23,24)(H2,17,19,20)/t12-/m1/s1. The van der Waals surface area contributed by atoms with E-state index >= 15 is 0 Å². The van der Waals surface area contributed by atoms with Gasteiger partial charge in [-0.2, -0.15) is 0 Å². The predicted molar refractivity (Wildman–Crippen MR) is 91.0 cm³/mol. The van der Waals surface area contributed by atoms with Crippen LogP contribution in [0.15, 0.2) is 30.7 Å². The molecule has 0 spiro atoms. The van der Waals surface area contributed by atoms with Crippen LogP contribution in [0.4, 0.5) is 17.3 Å². The number of nitrogens with zero attached hydrogens (tertiary/aromatic N) is 5.